The lowest BCUT2D eigenvalue weighted by Gasteiger charge is -2.11. The van der Waals surface area contributed by atoms with Gasteiger partial charge in [0, 0.05) is 5.56 Å². The van der Waals surface area contributed by atoms with E-state index in [9.17, 15) is 9.18 Å². The fourth-order valence-corrected chi connectivity index (χ4v) is 2.05. The molecule has 0 bridgehead atoms. The molecule has 104 valence electrons. The van der Waals surface area contributed by atoms with Crippen LogP contribution in [0, 0.1) is 5.82 Å². The van der Waals surface area contributed by atoms with E-state index in [0.29, 0.717) is 11.1 Å². The molecule has 0 atom stereocenters. The van der Waals surface area contributed by atoms with Crippen LogP contribution in [0.1, 0.15) is 31.1 Å². The number of ether oxygens (including phenoxy) is 1. The molecule has 3 heteroatoms. The molecule has 0 aromatic heterocycles. The molecule has 2 aromatic rings. The second-order valence-electron chi connectivity index (χ2n) is 4.94. The van der Waals surface area contributed by atoms with Gasteiger partial charge in [-0.25, -0.2) is 4.39 Å². The van der Waals surface area contributed by atoms with Crippen LogP contribution in [-0.4, -0.2) is 11.9 Å². The van der Waals surface area contributed by atoms with Gasteiger partial charge in [0.2, 0.25) is 0 Å². The summed E-state index contributed by atoms with van der Waals surface area (Å²) < 4.78 is 19.0. The van der Waals surface area contributed by atoms with Crippen molar-refractivity contribution in [2.24, 2.45) is 0 Å². The van der Waals surface area contributed by atoms with Crippen molar-refractivity contribution in [3.8, 4) is 16.9 Å². The Morgan fingerprint density at radius 2 is 1.75 bits per heavy atom. The predicted molar refractivity (Wildman–Crippen MR) is 77.6 cm³/mol. The first-order valence-electron chi connectivity index (χ1n) is 6.55. The van der Waals surface area contributed by atoms with Gasteiger partial charge in [-0.2, -0.15) is 0 Å². The number of Topliss-reactive ketones (excluding diaryl/α,β-unsaturated/α-hetero) is 1. The van der Waals surface area contributed by atoms with E-state index in [2.05, 4.69) is 0 Å². The minimum Gasteiger partial charge on any atom is -0.491 e. The molecule has 0 aliphatic carbocycles. The minimum absolute atomic E-state index is 0.0810. The highest BCUT2D eigenvalue weighted by Gasteiger charge is 2.10. The van der Waals surface area contributed by atoms with Crippen molar-refractivity contribution in [1.82, 2.24) is 0 Å². The van der Waals surface area contributed by atoms with Crippen LogP contribution < -0.4 is 4.74 Å². The number of hydrogen-bond acceptors (Lipinski definition) is 2. The monoisotopic (exact) mass is 272 g/mol. The second kappa shape index (κ2) is 5.87. The molecule has 2 aromatic carbocycles. The molecule has 0 fully saturated rings. The Bertz CT molecular complexity index is 615. The Morgan fingerprint density at radius 1 is 1.10 bits per heavy atom. The van der Waals surface area contributed by atoms with Gasteiger partial charge in [0.1, 0.15) is 11.6 Å². The number of halogens is 1. The van der Waals surface area contributed by atoms with Gasteiger partial charge in [-0.15, -0.1) is 0 Å². The molecular weight excluding hydrogens is 255 g/mol. The molecule has 0 spiro atoms. The van der Waals surface area contributed by atoms with Crippen LogP contribution in [-0.2, 0) is 0 Å². The van der Waals surface area contributed by atoms with Crippen molar-refractivity contribution in [2.75, 3.05) is 0 Å². The molecule has 0 saturated carbocycles. The van der Waals surface area contributed by atoms with Crippen LogP contribution in [0.5, 0.6) is 5.75 Å². The Balaban J connectivity index is 2.41. The first kappa shape index (κ1) is 14.3. The van der Waals surface area contributed by atoms with Gasteiger partial charge in [0.25, 0.3) is 0 Å². The number of hydrogen-bond donors (Lipinski definition) is 0. The van der Waals surface area contributed by atoms with E-state index in [0.717, 1.165) is 11.3 Å². The highest BCUT2D eigenvalue weighted by atomic mass is 19.1. The van der Waals surface area contributed by atoms with Gasteiger partial charge in [-0.05, 0) is 62.2 Å². The number of carbonyl (C=O) groups is 1. The standard InChI is InChI=1S/C17H17FO2/c1-11(2)20-15-7-4-13(5-8-15)17-10-14(18)6-9-16(17)12(3)19/h4-11H,1-3H3. The third-order valence-electron chi connectivity index (χ3n) is 2.90. The zero-order chi connectivity index (χ0) is 14.7. The van der Waals surface area contributed by atoms with Crippen molar-refractivity contribution in [3.63, 3.8) is 0 Å². The van der Waals surface area contributed by atoms with Gasteiger partial charge in [-0.3, -0.25) is 4.79 Å². The Labute approximate surface area is 118 Å². The summed E-state index contributed by atoms with van der Waals surface area (Å²) in [7, 11) is 0. The van der Waals surface area contributed by atoms with Crippen LogP contribution in [0.15, 0.2) is 42.5 Å². The summed E-state index contributed by atoms with van der Waals surface area (Å²) in [5.74, 6) is 0.319. The van der Waals surface area contributed by atoms with Gasteiger partial charge in [0.05, 0.1) is 6.10 Å². The van der Waals surface area contributed by atoms with Crippen LogP contribution in [0.25, 0.3) is 11.1 Å². The summed E-state index contributed by atoms with van der Waals surface area (Å²) in [6.07, 6.45) is 0.0998. The molecule has 0 saturated heterocycles. The fraction of sp³-hybridized carbons (Fsp3) is 0.235. The number of carbonyl (C=O) groups excluding carboxylic acids is 1. The summed E-state index contributed by atoms with van der Waals surface area (Å²) in [5, 5.41) is 0. The molecule has 0 aliphatic rings. The van der Waals surface area contributed by atoms with Crippen LogP contribution in [0.4, 0.5) is 4.39 Å². The molecule has 2 rings (SSSR count). The van der Waals surface area contributed by atoms with Crippen molar-refractivity contribution in [2.45, 2.75) is 26.9 Å². The zero-order valence-electron chi connectivity index (χ0n) is 11.8. The predicted octanol–water partition coefficient (Wildman–Crippen LogP) is 4.48. The van der Waals surface area contributed by atoms with Crippen molar-refractivity contribution < 1.29 is 13.9 Å². The molecule has 0 radical (unpaired) electrons. The lowest BCUT2D eigenvalue weighted by atomic mass is 9.97. The van der Waals surface area contributed by atoms with Gasteiger partial charge < -0.3 is 4.74 Å². The quantitative estimate of drug-likeness (QED) is 0.767. The maximum Gasteiger partial charge on any atom is 0.160 e. The topological polar surface area (TPSA) is 26.3 Å². The highest BCUT2D eigenvalue weighted by molar-refractivity contribution is 6.00. The SMILES string of the molecule is CC(=O)c1ccc(F)cc1-c1ccc(OC(C)C)cc1. The molecule has 2 nitrogen and oxygen atoms in total. The molecular formula is C17H17FO2. The normalized spacial score (nSPS) is 10.7. The van der Waals surface area contributed by atoms with Crippen molar-refractivity contribution in [3.05, 3.63) is 53.8 Å². The van der Waals surface area contributed by atoms with E-state index in [1.54, 1.807) is 0 Å². The van der Waals surface area contributed by atoms with E-state index >= 15 is 0 Å². The van der Waals surface area contributed by atoms with Crippen molar-refractivity contribution in [1.29, 1.82) is 0 Å². The van der Waals surface area contributed by atoms with Crippen LogP contribution in [0.3, 0.4) is 0 Å². The van der Waals surface area contributed by atoms with E-state index in [-0.39, 0.29) is 17.7 Å². The van der Waals surface area contributed by atoms with Crippen LogP contribution in [0.2, 0.25) is 0 Å². The Morgan fingerprint density at radius 3 is 2.30 bits per heavy atom. The summed E-state index contributed by atoms with van der Waals surface area (Å²) in [6, 6.07) is 11.5. The maximum atomic E-state index is 13.4. The third-order valence-corrected chi connectivity index (χ3v) is 2.90. The van der Waals surface area contributed by atoms with Gasteiger partial charge >= 0.3 is 0 Å². The lowest BCUT2D eigenvalue weighted by Crippen LogP contribution is -2.05. The minimum atomic E-state index is -0.354. The van der Waals surface area contributed by atoms with Gasteiger partial charge in [-0.1, -0.05) is 12.1 Å². The highest BCUT2D eigenvalue weighted by Crippen LogP contribution is 2.27. The molecule has 0 unspecified atom stereocenters. The maximum absolute atomic E-state index is 13.4. The summed E-state index contributed by atoms with van der Waals surface area (Å²) >= 11 is 0. The lowest BCUT2D eigenvalue weighted by molar-refractivity contribution is 0.101. The Kier molecular flexibility index (Phi) is 4.18. The first-order chi connectivity index (χ1) is 9.47. The van der Waals surface area contributed by atoms with Crippen LogP contribution >= 0.6 is 0 Å². The molecule has 20 heavy (non-hydrogen) atoms. The number of benzene rings is 2. The number of ketones is 1. The summed E-state index contributed by atoms with van der Waals surface area (Å²) in [4.78, 5) is 11.6. The van der Waals surface area contributed by atoms with E-state index in [4.69, 9.17) is 4.74 Å². The molecule has 0 amide bonds. The first-order valence-corrected chi connectivity index (χ1v) is 6.55. The van der Waals surface area contributed by atoms with E-state index < -0.39 is 0 Å². The molecule has 0 aliphatic heterocycles. The summed E-state index contributed by atoms with van der Waals surface area (Å²) in [6.45, 7) is 5.38. The third kappa shape index (κ3) is 3.23. The van der Waals surface area contributed by atoms with Gasteiger partial charge in [0.15, 0.2) is 5.78 Å². The number of rotatable bonds is 4. The largest absolute Gasteiger partial charge is 0.491 e. The van der Waals surface area contributed by atoms with E-state index in [1.807, 2.05) is 38.1 Å². The fourth-order valence-electron chi connectivity index (χ4n) is 2.05. The molecule has 0 heterocycles. The van der Waals surface area contributed by atoms with E-state index in [1.165, 1.54) is 25.1 Å². The second-order valence-corrected chi connectivity index (χ2v) is 4.94. The zero-order valence-corrected chi connectivity index (χ0v) is 11.8. The molecule has 0 N–H and O–H groups in total. The average molecular weight is 272 g/mol. The smallest absolute Gasteiger partial charge is 0.160 e. The van der Waals surface area contributed by atoms with Crippen molar-refractivity contribution >= 4 is 5.78 Å². The summed E-state index contributed by atoms with van der Waals surface area (Å²) in [5.41, 5.74) is 1.92. The average Bonchev–Trinajstić information content (AvgIpc) is 2.38. The Hall–Kier alpha value is -2.16.